The quantitative estimate of drug-likeness (QED) is 0.444. The first kappa shape index (κ1) is 18.9. The van der Waals surface area contributed by atoms with E-state index in [1.54, 1.807) is 18.0 Å². The predicted molar refractivity (Wildman–Crippen MR) is 123 cm³/mol. The second-order valence-corrected chi connectivity index (χ2v) is 8.13. The molecule has 0 unspecified atom stereocenters. The second kappa shape index (κ2) is 8.73. The third-order valence-electron chi connectivity index (χ3n) is 5.09. The molecule has 5 rings (SSSR count). The van der Waals surface area contributed by atoms with E-state index in [1.807, 2.05) is 6.07 Å². The van der Waals surface area contributed by atoms with E-state index in [-0.39, 0.29) is 0 Å². The highest BCUT2D eigenvalue weighted by molar-refractivity contribution is 7.99. The maximum absolute atomic E-state index is 5.43. The summed E-state index contributed by atoms with van der Waals surface area (Å²) >= 11 is 1.65. The molecule has 0 saturated carbocycles. The van der Waals surface area contributed by atoms with Crippen LogP contribution in [0.1, 0.15) is 0 Å². The molecule has 0 radical (unpaired) electrons. The molecule has 0 aliphatic carbocycles. The van der Waals surface area contributed by atoms with Gasteiger partial charge in [-0.1, -0.05) is 48.2 Å². The van der Waals surface area contributed by atoms with Crippen LogP contribution >= 0.6 is 11.8 Å². The summed E-state index contributed by atoms with van der Waals surface area (Å²) in [6.45, 7) is 3.44. The first-order chi connectivity index (χ1) is 14.8. The Kier molecular flexibility index (Phi) is 5.50. The first-order valence-corrected chi connectivity index (χ1v) is 10.9. The maximum Gasteiger partial charge on any atom is 0.228 e. The van der Waals surface area contributed by atoms with Gasteiger partial charge in [0.15, 0.2) is 0 Å². The van der Waals surface area contributed by atoms with Crippen molar-refractivity contribution in [3.63, 3.8) is 0 Å². The van der Waals surface area contributed by atoms with Crippen LogP contribution in [0.15, 0.2) is 88.9 Å². The Morgan fingerprint density at radius 1 is 0.867 bits per heavy atom. The number of anilines is 3. The van der Waals surface area contributed by atoms with Crippen LogP contribution in [0.3, 0.4) is 0 Å². The van der Waals surface area contributed by atoms with Gasteiger partial charge in [0.2, 0.25) is 5.95 Å². The SMILES string of the molecule is c1ccc2c(Sc3ccnc(Nc4ccc(N5CCOCC5)cc4)n3)cccc2c1. The van der Waals surface area contributed by atoms with Gasteiger partial charge in [0, 0.05) is 35.6 Å². The molecular formula is C24H22N4OS. The van der Waals surface area contributed by atoms with Crippen LogP contribution in [-0.2, 0) is 4.74 Å². The van der Waals surface area contributed by atoms with Gasteiger partial charge in [-0.2, -0.15) is 0 Å². The van der Waals surface area contributed by atoms with Crippen molar-refractivity contribution in [3.05, 3.63) is 79.0 Å². The molecule has 30 heavy (non-hydrogen) atoms. The number of ether oxygens (including phenoxy) is 1. The number of nitrogens with one attached hydrogen (secondary N) is 1. The van der Waals surface area contributed by atoms with E-state index in [1.165, 1.54) is 21.4 Å². The van der Waals surface area contributed by atoms with Crippen LogP contribution in [0.25, 0.3) is 10.8 Å². The minimum atomic E-state index is 0.597. The van der Waals surface area contributed by atoms with Crippen LogP contribution in [0, 0.1) is 0 Å². The van der Waals surface area contributed by atoms with Crippen molar-refractivity contribution in [2.24, 2.45) is 0 Å². The average molecular weight is 415 g/mol. The van der Waals surface area contributed by atoms with Crippen molar-refractivity contribution in [1.82, 2.24) is 9.97 Å². The predicted octanol–water partition coefficient (Wildman–Crippen LogP) is 5.36. The number of aromatic nitrogens is 2. The maximum atomic E-state index is 5.43. The van der Waals surface area contributed by atoms with Gasteiger partial charge in [-0.15, -0.1) is 0 Å². The topological polar surface area (TPSA) is 50.3 Å². The lowest BCUT2D eigenvalue weighted by atomic mass is 10.1. The Morgan fingerprint density at radius 2 is 1.67 bits per heavy atom. The Bertz CT molecular complexity index is 1140. The second-order valence-electron chi connectivity index (χ2n) is 7.07. The minimum absolute atomic E-state index is 0.597. The lowest BCUT2D eigenvalue weighted by Gasteiger charge is -2.28. The molecule has 6 heteroatoms. The highest BCUT2D eigenvalue weighted by Gasteiger charge is 2.11. The largest absolute Gasteiger partial charge is 0.378 e. The summed E-state index contributed by atoms with van der Waals surface area (Å²) in [6.07, 6.45) is 1.80. The number of benzene rings is 3. The monoisotopic (exact) mass is 414 g/mol. The van der Waals surface area contributed by atoms with Crippen molar-refractivity contribution in [1.29, 1.82) is 0 Å². The zero-order chi connectivity index (χ0) is 20.2. The molecule has 0 atom stereocenters. The normalized spacial score (nSPS) is 14.1. The summed E-state index contributed by atoms with van der Waals surface area (Å²) in [4.78, 5) is 12.6. The Labute approximate surface area is 180 Å². The summed E-state index contributed by atoms with van der Waals surface area (Å²) in [5.41, 5.74) is 2.18. The Balaban J connectivity index is 1.31. The minimum Gasteiger partial charge on any atom is -0.378 e. The van der Waals surface area contributed by atoms with Crippen molar-refractivity contribution < 1.29 is 4.74 Å². The Hall–Kier alpha value is -3.09. The summed E-state index contributed by atoms with van der Waals surface area (Å²) < 4.78 is 5.43. The highest BCUT2D eigenvalue weighted by atomic mass is 32.2. The van der Waals surface area contributed by atoms with Crippen molar-refractivity contribution >= 4 is 39.9 Å². The molecule has 1 N–H and O–H groups in total. The summed E-state index contributed by atoms with van der Waals surface area (Å²) in [6, 6.07) is 25.1. The van der Waals surface area contributed by atoms with Gasteiger partial charge in [0.25, 0.3) is 0 Å². The van der Waals surface area contributed by atoms with Gasteiger partial charge in [0.1, 0.15) is 5.03 Å². The number of rotatable bonds is 5. The third kappa shape index (κ3) is 4.25. The van der Waals surface area contributed by atoms with Crippen molar-refractivity contribution in [2.45, 2.75) is 9.92 Å². The molecule has 1 aliphatic rings. The highest BCUT2D eigenvalue weighted by Crippen LogP contribution is 2.32. The fourth-order valence-corrected chi connectivity index (χ4v) is 4.49. The smallest absolute Gasteiger partial charge is 0.228 e. The van der Waals surface area contributed by atoms with Crippen molar-refractivity contribution in [3.8, 4) is 0 Å². The first-order valence-electron chi connectivity index (χ1n) is 10.0. The average Bonchev–Trinajstić information content (AvgIpc) is 2.81. The number of hydrogen-bond acceptors (Lipinski definition) is 6. The van der Waals surface area contributed by atoms with E-state index in [0.717, 1.165) is 37.0 Å². The van der Waals surface area contributed by atoms with Gasteiger partial charge in [-0.25, -0.2) is 9.97 Å². The summed E-state index contributed by atoms with van der Waals surface area (Å²) in [7, 11) is 0. The van der Waals surface area contributed by atoms with Crippen LogP contribution < -0.4 is 10.2 Å². The molecule has 1 aliphatic heterocycles. The van der Waals surface area contributed by atoms with Gasteiger partial charge in [-0.05, 0) is 47.2 Å². The lowest BCUT2D eigenvalue weighted by Crippen LogP contribution is -2.36. The zero-order valence-corrected chi connectivity index (χ0v) is 17.3. The molecule has 3 aromatic carbocycles. The van der Waals surface area contributed by atoms with E-state index in [0.29, 0.717) is 5.95 Å². The molecule has 0 bridgehead atoms. The van der Waals surface area contributed by atoms with Gasteiger partial charge in [0.05, 0.1) is 13.2 Å². The van der Waals surface area contributed by atoms with Gasteiger partial charge in [-0.3, -0.25) is 0 Å². The number of morpholine rings is 1. The number of nitrogens with zero attached hydrogens (tertiary/aromatic N) is 3. The molecule has 5 nitrogen and oxygen atoms in total. The molecular weight excluding hydrogens is 392 g/mol. The molecule has 1 aromatic heterocycles. The van der Waals surface area contributed by atoms with E-state index >= 15 is 0 Å². The fourth-order valence-electron chi connectivity index (χ4n) is 3.56. The third-order valence-corrected chi connectivity index (χ3v) is 6.11. The Morgan fingerprint density at radius 3 is 2.53 bits per heavy atom. The molecule has 150 valence electrons. The van der Waals surface area contributed by atoms with Crippen LogP contribution in [0.4, 0.5) is 17.3 Å². The van der Waals surface area contributed by atoms with E-state index < -0.39 is 0 Å². The van der Waals surface area contributed by atoms with E-state index in [2.05, 4.69) is 81.9 Å². The van der Waals surface area contributed by atoms with Crippen molar-refractivity contribution in [2.75, 3.05) is 36.5 Å². The van der Waals surface area contributed by atoms with Crippen LogP contribution in [0.2, 0.25) is 0 Å². The summed E-state index contributed by atoms with van der Waals surface area (Å²) in [5, 5.41) is 6.69. The van der Waals surface area contributed by atoms with Gasteiger partial charge >= 0.3 is 0 Å². The van der Waals surface area contributed by atoms with Crippen LogP contribution in [0.5, 0.6) is 0 Å². The number of fused-ring (bicyclic) bond motifs is 1. The molecule has 1 fully saturated rings. The van der Waals surface area contributed by atoms with Gasteiger partial charge < -0.3 is 15.0 Å². The fraction of sp³-hybridized carbons (Fsp3) is 0.167. The summed E-state index contributed by atoms with van der Waals surface area (Å²) in [5.74, 6) is 0.597. The molecule has 4 aromatic rings. The van der Waals surface area contributed by atoms with E-state index in [9.17, 15) is 0 Å². The lowest BCUT2D eigenvalue weighted by molar-refractivity contribution is 0.122. The number of hydrogen-bond donors (Lipinski definition) is 1. The van der Waals surface area contributed by atoms with E-state index in [4.69, 9.17) is 9.72 Å². The molecule has 0 spiro atoms. The van der Waals surface area contributed by atoms with Crippen LogP contribution in [-0.4, -0.2) is 36.3 Å². The molecule has 1 saturated heterocycles. The zero-order valence-electron chi connectivity index (χ0n) is 16.5. The molecule has 0 amide bonds. The molecule has 2 heterocycles. The standard InChI is InChI=1S/C24H22N4OS/c1-2-6-21-18(4-1)5-3-7-22(21)30-23-12-13-25-24(27-23)26-19-8-10-20(11-9-19)28-14-16-29-17-15-28/h1-13H,14-17H2,(H,25,26,27).